The van der Waals surface area contributed by atoms with Crippen LogP contribution in [0.4, 0.5) is 5.69 Å². The van der Waals surface area contributed by atoms with Gasteiger partial charge in [-0.3, -0.25) is 9.80 Å². The molecule has 8 heteroatoms. The highest BCUT2D eigenvalue weighted by Crippen LogP contribution is 2.33. The summed E-state index contributed by atoms with van der Waals surface area (Å²) in [5.74, 6) is 3.17. The van der Waals surface area contributed by atoms with Crippen molar-refractivity contribution in [1.29, 1.82) is 0 Å². The quantitative estimate of drug-likeness (QED) is 0.549. The molecule has 1 aliphatic carbocycles. The number of rotatable bonds is 10. The normalized spacial score (nSPS) is 17.8. The summed E-state index contributed by atoms with van der Waals surface area (Å²) in [5, 5.41) is 9.42. The van der Waals surface area contributed by atoms with Gasteiger partial charge in [0, 0.05) is 18.3 Å². The van der Waals surface area contributed by atoms with Crippen molar-refractivity contribution in [3.8, 4) is 23.0 Å². The predicted octanol–water partition coefficient (Wildman–Crippen LogP) is 3.94. The molecule has 1 atom stereocenters. The molecule has 2 aliphatic rings. The second-order valence-electron chi connectivity index (χ2n) is 8.29. The zero-order valence-electron chi connectivity index (χ0n) is 19.4. The number of carbonyl (C=O) groups excluding carboxylic acids is 1. The summed E-state index contributed by atoms with van der Waals surface area (Å²) in [6, 6.07) is 10.7. The van der Waals surface area contributed by atoms with Crippen molar-refractivity contribution < 1.29 is 23.7 Å². The van der Waals surface area contributed by atoms with Crippen LogP contribution in [0.25, 0.3) is 0 Å². The van der Waals surface area contributed by atoms with E-state index in [0.717, 1.165) is 30.7 Å². The van der Waals surface area contributed by atoms with Gasteiger partial charge >= 0.3 is 0 Å². The molecule has 1 unspecified atom stereocenters. The summed E-state index contributed by atoms with van der Waals surface area (Å²) in [6.07, 6.45) is 5.87. The fourth-order valence-electron chi connectivity index (χ4n) is 3.82. The van der Waals surface area contributed by atoms with Gasteiger partial charge in [-0.05, 0) is 67.5 Å². The van der Waals surface area contributed by atoms with Gasteiger partial charge in [0.15, 0.2) is 23.0 Å². The second kappa shape index (κ2) is 10.5. The number of carbonyl (C=O) groups is 1. The SMILES string of the molecule is COc1ccc(NC(=O)C2CCCN2/N=C/c2ccc(OC)c(OCC3CC3)c2)cc1OC. The summed E-state index contributed by atoms with van der Waals surface area (Å²) in [5.41, 5.74) is 1.55. The molecule has 1 amide bonds. The molecule has 1 heterocycles. The van der Waals surface area contributed by atoms with Crippen molar-refractivity contribution in [3.63, 3.8) is 0 Å². The van der Waals surface area contributed by atoms with Crippen molar-refractivity contribution in [2.45, 2.75) is 31.7 Å². The number of methoxy groups -OCH3 is 3. The maximum atomic E-state index is 12.9. The Morgan fingerprint density at radius 1 is 1.00 bits per heavy atom. The Hall–Kier alpha value is -3.42. The molecule has 4 rings (SSSR count). The van der Waals surface area contributed by atoms with Crippen LogP contribution >= 0.6 is 0 Å². The minimum Gasteiger partial charge on any atom is -0.493 e. The molecular formula is C25H31N3O5. The smallest absolute Gasteiger partial charge is 0.248 e. The largest absolute Gasteiger partial charge is 0.493 e. The molecule has 33 heavy (non-hydrogen) atoms. The maximum Gasteiger partial charge on any atom is 0.248 e. The van der Waals surface area contributed by atoms with E-state index in [1.54, 1.807) is 45.7 Å². The Labute approximate surface area is 194 Å². The summed E-state index contributed by atoms with van der Waals surface area (Å²) in [4.78, 5) is 12.9. The summed E-state index contributed by atoms with van der Waals surface area (Å²) in [7, 11) is 4.78. The van der Waals surface area contributed by atoms with Crippen LogP contribution < -0.4 is 24.3 Å². The number of nitrogens with zero attached hydrogens (tertiary/aromatic N) is 2. The van der Waals surface area contributed by atoms with Crippen LogP contribution in [-0.4, -0.2) is 57.7 Å². The molecular weight excluding hydrogens is 422 g/mol. The van der Waals surface area contributed by atoms with Crippen molar-refractivity contribution in [3.05, 3.63) is 42.0 Å². The molecule has 8 nitrogen and oxygen atoms in total. The fraction of sp³-hybridized carbons (Fsp3) is 0.440. The standard InChI is InChI=1S/C25H31N3O5/c1-30-21-11-9-19(14-23(21)32-3)27-25(29)20-5-4-12-28(20)26-15-18-8-10-22(31-2)24(13-18)33-16-17-6-7-17/h8-11,13-15,17,20H,4-7,12,16H2,1-3H3,(H,27,29)/b26-15+. The fourth-order valence-corrected chi connectivity index (χ4v) is 3.82. The first kappa shape index (κ1) is 22.8. The van der Waals surface area contributed by atoms with E-state index < -0.39 is 0 Å². The van der Waals surface area contributed by atoms with Gasteiger partial charge in [0.25, 0.3) is 0 Å². The van der Waals surface area contributed by atoms with Crippen molar-refractivity contribution >= 4 is 17.8 Å². The number of ether oxygens (including phenoxy) is 4. The minimum atomic E-state index is -0.335. The maximum absolute atomic E-state index is 12.9. The van der Waals surface area contributed by atoms with E-state index in [0.29, 0.717) is 35.5 Å². The molecule has 0 spiro atoms. The average molecular weight is 454 g/mol. The van der Waals surface area contributed by atoms with E-state index in [1.165, 1.54) is 12.8 Å². The topological polar surface area (TPSA) is 81.6 Å². The van der Waals surface area contributed by atoms with E-state index in [2.05, 4.69) is 10.4 Å². The van der Waals surface area contributed by atoms with E-state index in [1.807, 2.05) is 23.2 Å². The number of hydrogen-bond donors (Lipinski definition) is 1. The molecule has 1 saturated carbocycles. The third-order valence-corrected chi connectivity index (χ3v) is 5.89. The second-order valence-corrected chi connectivity index (χ2v) is 8.29. The summed E-state index contributed by atoms with van der Waals surface area (Å²) in [6.45, 7) is 1.43. The van der Waals surface area contributed by atoms with E-state index in [9.17, 15) is 4.79 Å². The molecule has 0 bridgehead atoms. The average Bonchev–Trinajstić information content (AvgIpc) is 3.55. The minimum absolute atomic E-state index is 0.0972. The molecule has 0 radical (unpaired) electrons. The highest BCUT2D eigenvalue weighted by molar-refractivity contribution is 5.95. The first-order chi connectivity index (χ1) is 16.1. The first-order valence-corrected chi connectivity index (χ1v) is 11.3. The monoisotopic (exact) mass is 453 g/mol. The first-order valence-electron chi connectivity index (χ1n) is 11.3. The van der Waals surface area contributed by atoms with Crippen LogP contribution in [-0.2, 0) is 4.79 Å². The molecule has 176 valence electrons. The Bertz CT molecular complexity index is 1010. The van der Waals surface area contributed by atoms with Crippen LogP contribution in [0, 0.1) is 5.92 Å². The highest BCUT2D eigenvalue weighted by atomic mass is 16.5. The summed E-state index contributed by atoms with van der Waals surface area (Å²) >= 11 is 0. The molecule has 2 aromatic rings. The predicted molar refractivity (Wildman–Crippen MR) is 127 cm³/mol. The number of nitrogens with one attached hydrogen (secondary N) is 1. The number of amides is 1. The Morgan fingerprint density at radius 2 is 1.73 bits per heavy atom. The van der Waals surface area contributed by atoms with Gasteiger partial charge in [0.1, 0.15) is 6.04 Å². The lowest BCUT2D eigenvalue weighted by atomic mass is 10.2. The molecule has 1 aliphatic heterocycles. The number of hydrogen-bond acceptors (Lipinski definition) is 7. The van der Waals surface area contributed by atoms with Crippen LogP contribution in [0.15, 0.2) is 41.5 Å². The van der Waals surface area contributed by atoms with Crippen molar-refractivity contribution in [2.75, 3.05) is 39.8 Å². The van der Waals surface area contributed by atoms with Crippen LogP contribution in [0.1, 0.15) is 31.2 Å². The summed E-state index contributed by atoms with van der Waals surface area (Å²) < 4.78 is 21.9. The zero-order chi connectivity index (χ0) is 23.2. The van der Waals surface area contributed by atoms with Gasteiger partial charge in [-0.25, -0.2) is 0 Å². The number of anilines is 1. The Morgan fingerprint density at radius 3 is 2.45 bits per heavy atom. The van der Waals surface area contributed by atoms with Crippen LogP contribution in [0.2, 0.25) is 0 Å². The van der Waals surface area contributed by atoms with E-state index >= 15 is 0 Å². The Balaban J connectivity index is 1.41. The van der Waals surface area contributed by atoms with Gasteiger partial charge in [0.05, 0.1) is 34.2 Å². The number of hydrazone groups is 1. The molecule has 2 aromatic carbocycles. The van der Waals surface area contributed by atoms with Crippen LogP contribution in [0.3, 0.4) is 0 Å². The van der Waals surface area contributed by atoms with E-state index in [4.69, 9.17) is 18.9 Å². The van der Waals surface area contributed by atoms with Gasteiger partial charge in [-0.1, -0.05) is 0 Å². The van der Waals surface area contributed by atoms with Crippen molar-refractivity contribution in [1.82, 2.24) is 5.01 Å². The third-order valence-electron chi connectivity index (χ3n) is 5.89. The van der Waals surface area contributed by atoms with Gasteiger partial charge in [-0.15, -0.1) is 0 Å². The molecule has 1 N–H and O–H groups in total. The lowest BCUT2D eigenvalue weighted by molar-refractivity contribution is -0.120. The van der Waals surface area contributed by atoms with E-state index in [-0.39, 0.29) is 11.9 Å². The van der Waals surface area contributed by atoms with Crippen LogP contribution in [0.5, 0.6) is 23.0 Å². The molecule has 0 aromatic heterocycles. The van der Waals surface area contributed by atoms with Gasteiger partial charge < -0.3 is 24.3 Å². The lowest BCUT2D eigenvalue weighted by Crippen LogP contribution is -2.36. The Kier molecular flexibility index (Phi) is 7.22. The van der Waals surface area contributed by atoms with Crippen molar-refractivity contribution in [2.24, 2.45) is 11.0 Å². The highest BCUT2D eigenvalue weighted by Gasteiger charge is 2.30. The molecule has 1 saturated heterocycles. The zero-order valence-corrected chi connectivity index (χ0v) is 19.4. The molecule has 2 fully saturated rings. The van der Waals surface area contributed by atoms with Gasteiger partial charge in [-0.2, -0.15) is 5.10 Å². The number of benzene rings is 2. The third kappa shape index (κ3) is 5.69. The van der Waals surface area contributed by atoms with Gasteiger partial charge in [0.2, 0.25) is 5.91 Å². The lowest BCUT2D eigenvalue weighted by Gasteiger charge is -2.21.